The van der Waals surface area contributed by atoms with Gasteiger partial charge in [-0.05, 0) is 54.8 Å². The van der Waals surface area contributed by atoms with E-state index in [1.54, 1.807) is 34.1 Å². The van der Waals surface area contributed by atoms with Gasteiger partial charge in [0.2, 0.25) is 11.8 Å². The number of anilines is 1. The molecule has 2 heterocycles. The van der Waals surface area contributed by atoms with Crippen LogP contribution in [0.4, 0.5) is 5.69 Å². The Morgan fingerprint density at radius 1 is 0.943 bits per heavy atom. The number of nitrogens with zero attached hydrogens (tertiary/aromatic N) is 2. The Morgan fingerprint density at radius 2 is 1.63 bits per heavy atom. The van der Waals surface area contributed by atoms with Crippen LogP contribution in [0.1, 0.15) is 29.8 Å². The quantitative estimate of drug-likeness (QED) is 0.587. The van der Waals surface area contributed by atoms with Crippen molar-refractivity contribution < 1.29 is 14.4 Å². The smallest absolute Gasteiger partial charge is 0.256 e. The molecule has 0 aliphatic carbocycles. The van der Waals surface area contributed by atoms with Gasteiger partial charge in [0.25, 0.3) is 5.91 Å². The number of hydrogen-bond acceptors (Lipinski definition) is 3. The minimum absolute atomic E-state index is 0.0598. The van der Waals surface area contributed by atoms with Crippen molar-refractivity contribution in [3.8, 4) is 11.1 Å². The van der Waals surface area contributed by atoms with Crippen molar-refractivity contribution in [1.29, 1.82) is 0 Å². The van der Waals surface area contributed by atoms with Gasteiger partial charge in [-0.1, -0.05) is 60.1 Å². The van der Waals surface area contributed by atoms with Crippen molar-refractivity contribution in [3.05, 3.63) is 88.9 Å². The van der Waals surface area contributed by atoms with Gasteiger partial charge in [0, 0.05) is 18.1 Å². The van der Waals surface area contributed by atoms with Crippen molar-refractivity contribution in [2.45, 2.75) is 25.3 Å². The Labute approximate surface area is 209 Å². The summed E-state index contributed by atoms with van der Waals surface area (Å²) < 4.78 is 0. The zero-order valence-electron chi connectivity index (χ0n) is 19.6. The van der Waals surface area contributed by atoms with Crippen LogP contribution in [0.25, 0.3) is 11.1 Å². The van der Waals surface area contributed by atoms with Crippen LogP contribution in [0.2, 0.25) is 5.02 Å². The molecule has 3 aromatic carbocycles. The molecule has 178 valence electrons. The average Bonchev–Trinajstić information content (AvgIpc) is 2.98. The van der Waals surface area contributed by atoms with Crippen LogP contribution in [-0.2, 0) is 15.0 Å². The number of fused-ring (bicyclic) bond motifs is 2. The fourth-order valence-corrected chi connectivity index (χ4v) is 4.96. The molecule has 3 amide bonds. The van der Waals surface area contributed by atoms with Gasteiger partial charge in [-0.15, -0.1) is 0 Å². The van der Waals surface area contributed by atoms with Gasteiger partial charge in [-0.25, -0.2) is 0 Å². The molecule has 0 aromatic heterocycles. The van der Waals surface area contributed by atoms with E-state index in [1.807, 2.05) is 62.4 Å². The summed E-state index contributed by atoms with van der Waals surface area (Å²) in [4.78, 5) is 43.5. The van der Waals surface area contributed by atoms with Crippen molar-refractivity contribution in [2.75, 3.05) is 25.0 Å². The number of nitrogens with one attached hydrogen (secondary N) is 1. The second-order valence-corrected chi connectivity index (χ2v) is 9.95. The summed E-state index contributed by atoms with van der Waals surface area (Å²) in [6.45, 7) is 4.60. The summed E-state index contributed by atoms with van der Waals surface area (Å²) in [6, 6.07) is 21.7. The van der Waals surface area contributed by atoms with E-state index in [1.165, 1.54) is 0 Å². The number of benzene rings is 3. The SMILES string of the molecule is CC(C)(C(=O)N1CCN2C(=O)c3cc(-c4ccc(Cl)cc4)ccc3NC(=O)C2C1)c1ccccc1. The van der Waals surface area contributed by atoms with E-state index in [4.69, 9.17) is 11.6 Å². The molecular weight excluding hydrogens is 462 g/mol. The molecule has 35 heavy (non-hydrogen) atoms. The molecule has 1 atom stereocenters. The fraction of sp³-hybridized carbons (Fsp3) is 0.250. The number of carbonyl (C=O) groups is 3. The van der Waals surface area contributed by atoms with Crippen LogP contribution < -0.4 is 5.32 Å². The predicted octanol–water partition coefficient (Wildman–Crippen LogP) is 4.59. The summed E-state index contributed by atoms with van der Waals surface area (Å²) in [7, 11) is 0. The number of carbonyl (C=O) groups excluding carboxylic acids is 3. The van der Waals surface area contributed by atoms with Gasteiger partial charge in [0.15, 0.2) is 0 Å². The number of hydrogen-bond donors (Lipinski definition) is 1. The highest BCUT2D eigenvalue weighted by molar-refractivity contribution is 6.30. The highest BCUT2D eigenvalue weighted by atomic mass is 35.5. The van der Waals surface area contributed by atoms with Crippen LogP contribution >= 0.6 is 11.6 Å². The molecule has 0 saturated carbocycles. The standard InChI is InChI=1S/C28H26ClN3O3/c1-28(2,20-6-4-3-5-7-20)27(35)31-14-15-32-24(17-31)25(33)30-23-13-10-19(16-22(23)26(32)34)18-8-11-21(29)12-9-18/h3-13,16,24H,14-15,17H2,1-2H3,(H,30,33). The highest BCUT2D eigenvalue weighted by Gasteiger charge is 2.43. The minimum atomic E-state index is -0.752. The lowest BCUT2D eigenvalue weighted by Gasteiger charge is -2.42. The first-order valence-electron chi connectivity index (χ1n) is 11.6. The van der Waals surface area contributed by atoms with Crippen LogP contribution in [0, 0.1) is 0 Å². The van der Waals surface area contributed by atoms with E-state index < -0.39 is 11.5 Å². The average molecular weight is 488 g/mol. The Balaban J connectivity index is 1.41. The topological polar surface area (TPSA) is 69.7 Å². The van der Waals surface area contributed by atoms with Gasteiger partial charge in [-0.2, -0.15) is 0 Å². The molecule has 1 fully saturated rings. The summed E-state index contributed by atoms with van der Waals surface area (Å²) in [6.07, 6.45) is 0. The molecule has 0 spiro atoms. The maximum Gasteiger partial charge on any atom is 0.256 e. The number of piperazine rings is 1. The van der Waals surface area contributed by atoms with Gasteiger partial charge in [-0.3, -0.25) is 14.4 Å². The minimum Gasteiger partial charge on any atom is -0.338 e. The van der Waals surface area contributed by atoms with Gasteiger partial charge in [0.1, 0.15) is 6.04 Å². The third-order valence-electron chi connectivity index (χ3n) is 6.95. The Kier molecular flexibility index (Phi) is 5.85. The molecular formula is C28H26ClN3O3. The third-order valence-corrected chi connectivity index (χ3v) is 7.20. The lowest BCUT2D eigenvalue weighted by molar-refractivity contribution is -0.140. The summed E-state index contributed by atoms with van der Waals surface area (Å²) >= 11 is 6.01. The van der Waals surface area contributed by atoms with Crippen LogP contribution in [0.15, 0.2) is 72.8 Å². The monoisotopic (exact) mass is 487 g/mol. The molecule has 7 heteroatoms. The Bertz CT molecular complexity index is 1300. The molecule has 3 aromatic rings. The lowest BCUT2D eigenvalue weighted by atomic mass is 9.83. The van der Waals surface area contributed by atoms with E-state index in [0.29, 0.717) is 22.8 Å². The van der Waals surface area contributed by atoms with Crippen LogP contribution in [-0.4, -0.2) is 53.2 Å². The van der Waals surface area contributed by atoms with E-state index in [0.717, 1.165) is 16.7 Å². The summed E-state index contributed by atoms with van der Waals surface area (Å²) in [5.41, 5.74) is 2.88. The predicted molar refractivity (Wildman–Crippen MR) is 136 cm³/mol. The molecule has 1 unspecified atom stereocenters. The molecule has 0 radical (unpaired) electrons. The Morgan fingerprint density at radius 3 is 2.34 bits per heavy atom. The van der Waals surface area contributed by atoms with Gasteiger partial charge < -0.3 is 15.1 Å². The molecule has 2 aliphatic rings. The lowest BCUT2D eigenvalue weighted by Crippen LogP contribution is -2.61. The van der Waals surface area contributed by atoms with E-state index in [-0.39, 0.29) is 30.8 Å². The van der Waals surface area contributed by atoms with Crippen molar-refractivity contribution in [1.82, 2.24) is 9.80 Å². The zero-order chi connectivity index (χ0) is 24.7. The maximum absolute atomic E-state index is 13.6. The van der Waals surface area contributed by atoms with E-state index in [2.05, 4.69) is 5.32 Å². The maximum atomic E-state index is 13.6. The molecule has 1 N–H and O–H groups in total. The molecule has 5 rings (SSSR count). The van der Waals surface area contributed by atoms with Gasteiger partial charge >= 0.3 is 0 Å². The summed E-state index contributed by atoms with van der Waals surface area (Å²) in [5, 5.41) is 3.55. The summed E-state index contributed by atoms with van der Waals surface area (Å²) in [5.74, 6) is -0.560. The molecule has 6 nitrogen and oxygen atoms in total. The number of amides is 3. The largest absolute Gasteiger partial charge is 0.338 e. The van der Waals surface area contributed by atoms with E-state index in [9.17, 15) is 14.4 Å². The van der Waals surface area contributed by atoms with Crippen molar-refractivity contribution >= 4 is 35.0 Å². The van der Waals surface area contributed by atoms with Crippen molar-refractivity contribution in [3.63, 3.8) is 0 Å². The fourth-order valence-electron chi connectivity index (χ4n) is 4.83. The molecule has 2 aliphatic heterocycles. The second-order valence-electron chi connectivity index (χ2n) is 9.51. The van der Waals surface area contributed by atoms with E-state index >= 15 is 0 Å². The highest BCUT2D eigenvalue weighted by Crippen LogP contribution is 2.32. The van der Waals surface area contributed by atoms with Crippen molar-refractivity contribution in [2.24, 2.45) is 0 Å². The molecule has 0 bridgehead atoms. The normalized spacial score (nSPS) is 17.9. The first kappa shape index (κ1) is 23.1. The third kappa shape index (κ3) is 4.19. The first-order chi connectivity index (χ1) is 16.8. The van der Waals surface area contributed by atoms with Crippen LogP contribution in [0.5, 0.6) is 0 Å². The second kappa shape index (κ2) is 8.86. The first-order valence-corrected chi connectivity index (χ1v) is 12.0. The zero-order valence-corrected chi connectivity index (χ0v) is 20.4. The molecule has 1 saturated heterocycles. The van der Waals surface area contributed by atoms with Crippen LogP contribution in [0.3, 0.4) is 0 Å². The Hall–Kier alpha value is -3.64. The number of rotatable bonds is 3. The number of halogens is 1. The van der Waals surface area contributed by atoms with Gasteiger partial charge in [0.05, 0.1) is 23.2 Å².